The SMILES string of the molecule is O=C(NC[C@@H](c1ccco1)[NH+]1CCN(c2ccccc2)CC1)C(=O)NC1CC1. The number of nitrogens with one attached hydrogen (secondary N) is 3. The van der Waals surface area contributed by atoms with Gasteiger partial charge in [-0.1, -0.05) is 18.2 Å². The second-order valence-corrected chi connectivity index (χ2v) is 7.51. The van der Waals surface area contributed by atoms with Crippen LogP contribution >= 0.6 is 0 Å². The number of nitrogens with zero attached hydrogens (tertiary/aromatic N) is 1. The number of anilines is 1. The highest BCUT2D eigenvalue weighted by molar-refractivity contribution is 6.35. The molecule has 0 bridgehead atoms. The number of carbonyl (C=O) groups is 2. The third kappa shape index (κ3) is 4.54. The molecule has 7 nitrogen and oxygen atoms in total. The summed E-state index contributed by atoms with van der Waals surface area (Å²) < 4.78 is 5.64. The van der Waals surface area contributed by atoms with Gasteiger partial charge < -0.3 is 24.9 Å². The number of amides is 2. The van der Waals surface area contributed by atoms with Crippen LogP contribution in [0.15, 0.2) is 53.1 Å². The summed E-state index contributed by atoms with van der Waals surface area (Å²) in [5, 5.41) is 5.53. The van der Waals surface area contributed by atoms with Crippen molar-refractivity contribution in [3.63, 3.8) is 0 Å². The summed E-state index contributed by atoms with van der Waals surface area (Å²) in [7, 11) is 0. The Morgan fingerprint density at radius 3 is 2.46 bits per heavy atom. The molecule has 1 saturated heterocycles. The first-order chi connectivity index (χ1) is 13.7. The summed E-state index contributed by atoms with van der Waals surface area (Å²) in [4.78, 5) is 27.8. The zero-order valence-electron chi connectivity index (χ0n) is 15.9. The molecule has 148 valence electrons. The molecular formula is C21H27N4O3+. The Morgan fingerprint density at radius 2 is 1.82 bits per heavy atom. The molecule has 1 aliphatic carbocycles. The molecule has 1 aromatic heterocycles. The smallest absolute Gasteiger partial charge is 0.309 e. The molecule has 1 saturated carbocycles. The van der Waals surface area contributed by atoms with E-state index < -0.39 is 11.8 Å². The quantitative estimate of drug-likeness (QED) is 0.619. The fourth-order valence-corrected chi connectivity index (χ4v) is 3.73. The van der Waals surface area contributed by atoms with Gasteiger partial charge in [0.05, 0.1) is 39.0 Å². The van der Waals surface area contributed by atoms with Crippen LogP contribution in [-0.4, -0.2) is 50.6 Å². The molecule has 2 fully saturated rings. The average molecular weight is 383 g/mol. The van der Waals surface area contributed by atoms with Crippen LogP contribution in [0.25, 0.3) is 0 Å². The molecular weight excluding hydrogens is 356 g/mol. The second kappa shape index (κ2) is 8.48. The molecule has 0 radical (unpaired) electrons. The van der Waals surface area contributed by atoms with E-state index in [1.165, 1.54) is 10.6 Å². The van der Waals surface area contributed by atoms with Gasteiger partial charge >= 0.3 is 11.8 Å². The van der Waals surface area contributed by atoms with Crippen molar-refractivity contribution in [1.82, 2.24) is 10.6 Å². The highest BCUT2D eigenvalue weighted by Gasteiger charge is 2.32. The largest absolute Gasteiger partial charge is 0.463 e. The number of furan rings is 1. The van der Waals surface area contributed by atoms with Gasteiger partial charge in [-0.3, -0.25) is 9.59 Å². The number of hydrogen-bond acceptors (Lipinski definition) is 4. The standard InChI is InChI=1S/C21H26N4O3/c26-20(21(27)23-16-8-9-16)22-15-18(19-7-4-14-28-19)25-12-10-24(11-13-25)17-5-2-1-3-6-17/h1-7,14,16,18H,8-13,15H2,(H,22,26)(H,23,27)/p+1/t18-/m0/s1. The minimum absolute atomic E-state index is 0.00871. The molecule has 2 amide bonds. The first-order valence-electron chi connectivity index (χ1n) is 9.97. The molecule has 0 spiro atoms. The van der Waals surface area contributed by atoms with Gasteiger partial charge in [-0.2, -0.15) is 0 Å². The number of benzene rings is 1. The highest BCUT2D eigenvalue weighted by Crippen LogP contribution is 2.18. The summed E-state index contributed by atoms with van der Waals surface area (Å²) >= 11 is 0. The van der Waals surface area contributed by atoms with Crippen LogP contribution < -0.4 is 20.4 Å². The Bertz CT molecular complexity index is 781. The normalized spacial score (nSPS) is 18.5. The van der Waals surface area contributed by atoms with Crippen molar-refractivity contribution in [3.8, 4) is 0 Å². The molecule has 4 rings (SSSR count). The van der Waals surface area contributed by atoms with Crippen LogP contribution in [0, 0.1) is 0 Å². The topological polar surface area (TPSA) is 79.0 Å². The van der Waals surface area contributed by atoms with Crippen molar-refractivity contribution in [1.29, 1.82) is 0 Å². The summed E-state index contributed by atoms with van der Waals surface area (Å²) in [6.45, 7) is 4.12. The van der Waals surface area contributed by atoms with E-state index in [1.54, 1.807) is 6.26 Å². The Kier molecular flexibility index (Phi) is 5.62. The summed E-state index contributed by atoms with van der Waals surface area (Å²) in [6, 6.07) is 14.4. The second-order valence-electron chi connectivity index (χ2n) is 7.51. The number of carbonyl (C=O) groups excluding carboxylic acids is 2. The highest BCUT2D eigenvalue weighted by atomic mass is 16.3. The molecule has 3 N–H and O–H groups in total. The zero-order chi connectivity index (χ0) is 19.3. The molecule has 2 aromatic rings. The van der Waals surface area contributed by atoms with E-state index in [1.807, 2.05) is 18.2 Å². The Hall–Kier alpha value is -2.80. The lowest BCUT2D eigenvalue weighted by atomic mass is 10.1. The van der Waals surface area contributed by atoms with Crippen molar-refractivity contribution in [2.24, 2.45) is 0 Å². The van der Waals surface area contributed by atoms with E-state index in [0.717, 1.165) is 44.8 Å². The lowest BCUT2D eigenvalue weighted by Gasteiger charge is -2.37. The summed E-state index contributed by atoms with van der Waals surface area (Å²) in [5.41, 5.74) is 1.24. The van der Waals surface area contributed by atoms with Gasteiger partial charge in [-0.15, -0.1) is 0 Å². The predicted molar refractivity (Wildman–Crippen MR) is 105 cm³/mol. The van der Waals surface area contributed by atoms with E-state index in [0.29, 0.717) is 6.54 Å². The van der Waals surface area contributed by atoms with E-state index >= 15 is 0 Å². The van der Waals surface area contributed by atoms with E-state index in [-0.39, 0.29) is 12.1 Å². The van der Waals surface area contributed by atoms with E-state index in [9.17, 15) is 9.59 Å². The number of rotatable bonds is 6. The molecule has 7 heteroatoms. The minimum Gasteiger partial charge on any atom is -0.463 e. The van der Waals surface area contributed by atoms with Crippen LogP contribution in [0.2, 0.25) is 0 Å². The maximum Gasteiger partial charge on any atom is 0.309 e. The van der Waals surface area contributed by atoms with Crippen molar-refractivity contribution in [2.75, 3.05) is 37.6 Å². The average Bonchev–Trinajstić information content (AvgIpc) is 3.39. The molecule has 1 atom stereocenters. The fraction of sp³-hybridized carbons (Fsp3) is 0.429. The van der Waals surface area contributed by atoms with Crippen molar-refractivity contribution in [3.05, 3.63) is 54.5 Å². The fourth-order valence-electron chi connectivity index (χ4n) is 3.73. The van der Waals surface area contributed by atoms with E-state index in [4.69, 9.17) is 4.42 Å². The summed E-state index contributed by atoms with van der Waals surface area (Å²) in [6.07, 6.45) is 3.58. The van der Waals surface area contributed by atoms with Gasteiger partial charge in [0.1, 0.15) is 0 Å². The summed E-state index contributed by atoms with van der Waals surface area (Å²) in [5.74, 6) is -0.263. The molecule has 2 heterocycles. The van der Waals surface area contributed by atoms with E-state index in [2.05, 4.69) is 39.8 Å². The van der Waals surface area contributed by atoms with Gasteiger partial charge in [0, 0.05) is 11.7 Å². The van der Waals surface area contributed by atoms with Crippen LogP contribution in [-0.2, 0) is 9.59 Å². The molecule has 0 unspecified atom stereocenters. The first-order valence-corrected chi connectivity index (χ1v) is 9.97. The molecule has 2 aliphatic rings. The monoisotopic (exact) mass is 383 g/mol. The van der Waals surface area contributed by atoms with Crippen LogP contribution in [0.4, 0.5) is 5.69 Å². The third-order valence-electron chi connectivity index (χ3n) is 5.49. The van der Waals surface area contributed by atoms with Gasteiger partial charge in [0.2, 0.25) is 0 Å². The van der Waals surface area contributed by atoms with Crippen molar-refractivity contribution < 1.29 is 18.9 Å². The van der Waals surface area contributed by atoms with Crippen molar-refractivity contribution >= 4 is 17.5 Å². The van der Waals surface area contributed by atoms with Crippen LogP contribution in [0.3, 0.4) is 0 Å². The molecule has 28 heavy (non-hydrogen) atoms. The zero-order valence-corrected chi connectivity index (χ0v) is 15.9. The maximum atomic E-state index is 12.1. The number of hydrogen-bond donors (Lipinski definition) is 3. The Morgan fingerprint density at radius 1 is 1.07 bits per heavy atom. The van der Waals surface area contributed by atoms with Crippen LogP contribution in [0.5, 0.6) is 0 Å². The lowest BCUT2D eigenvalue weighted by Crippen LogP contribution is -3.15. The van der Waals surface area contributed by atoms with Crippen LogP contribution in [0.1, 0.15) is 24.6 Å². The molecule has 1 aliphatic heterocycles. The Balaban J connectivity index is 1.35. The predicted octanol–water partition coefficient (Wildman–Crippen LogP) is 0.121. The number of para-hydroxylation sites is 1. The van der Waals surface area contributed by atoms with Gasteiger partial charge in [-0.05, 0) is 37.1 Å². The number of piperazine rings is 1. The van der Waals surface area contributed by atoms with Gasteiger partial charge in [0.25, 0.3) is 0 Å². The van der Waals surface area contributed by atoms with Crippen molar-refractivity contribution in [2.45, 2.75) is 24.9 Å². The third-order valence-corrected chi connectivity index (χ3v) is 5.49. The minimum atomic E-state index is -0.564. The lowest BCUT2D eigenvalue weighted by molar-refractivity contribution is -0.932. The maximum absolute atomic E-state index is 12.1. The number of quaternary nitrogens is 1. The molecule has 1 aromatic carbocycles. The Labute approximate surface area is 164 Å². The van der Waals surface area contributed by atoms with Gasteiger partial charge in [0.15, 0.2) is 11.8 Å². The first kappa shape index (κ1) is 18.6. The van der Waals surface area contributed by atoms with Gasteiger partial charge in [-0.25, -0.2) is 0 Å².